The van der Waals surface area contributed by atoms with Crippen LogP contribution in [0.25, 0.3) is 0 Å². The predicted octanol–water partition coefficient (Wildman–Crippen LogP) is 4.63. The summed E-state index contributed by atoms with van der Waals surface area (Å²) in [5.74, 6) is -0.0709. The van der Waals surface area contributed by atoms with E-state index in [4.69, 9.17) is 23.2 Å². The van der Waals surface area contributed by atoms with E-state index in [1.807, 2.05) is 13.8 Å². The molecule has 0 spiro atoms. The number of halogens is 3. The highest BCUT2D eigenvalue weighted by atomic mass is 79.9. The van der Waals surface area contributed by atoms with Crippen molar-refractivity contribution in [3.05, 3.63) is 33.8 Å². The van der Waals surface area contributed by atoms with E-state index in [1.54, 1.807) is 23.1 Å². The molecule has 1 aromatic carbocycles. The molecule has 0 fully saturated rings. The molecule has 0 bridgehead atoms. The van der Waals surface area contributed by atoms with Crippen LogP contribution in [-0.4, -0.2) is 28.7 Å². The molecule has 0 aliphatic rings. The molecule has 0 aliphatic carbocycles. The molecule has 18 heavy (non-hydrogen) atoms. The number of hydrogen-bond donors (Lipinski definition) is 0. The fourth-order valence-electron chi connectivity index (χ4n) is 1.65. The van der Waals surface area contributed by atoms with E-state index in [9.17, 15) is 4.79 Å². The van der Waals surface area contributed by atoms with Gasteiger partial charge in [0.1, 0.15) is 0 Å². The first-order valence-corrected chi connectivity index (χ1v) is 7.67. The number of benzene rings is 1. The van der Waals surface area contributed by atoms with Gasteiger partial charge in [-0.3, -0.25) is 4.79 Å². The van der Waals surface area contributed by atoms with Crippen LogP contribution in [-0.2, 0) is 0 Å². The Hall–Kier alpha value is -0.250. The Kier molecular flexibility index (Phi) is 6.47. The van der Waals surface area contributed by atoms with Gasteiger partial charge in [0.05, 0.1) is 15.6 Å². The predicted molar refractivity (Wildman–Crippen MR) is 81.0 cm³/mol. The van der Waals surface area contributed by atoms with Gasteiger partial charge in [-0.1, -0.05) is 45.2 Å². The van der Waals surface area contributed by atoms with E-state index < -0.39 is 0 Å². The fraction of sp³-hybridized carbons (Fsp3) is 0.462. The topological polar surface area (TPSA) is 20.3 Å². The number of carbonyl (C=O) groups is 1. The lowest BCUT2D eigenvalue weighted by Gasteiger charge is -2.27. The van der Waals surface area contributed by atoms with Gasteiger partial charge in [-0.2, -0.15) is 0 Å². The number of nitrogens with zero attached hydrogens (tertiary/aromatic N) is 1. The van der Waals surface area contributed by atoms with Gasteiger partial charge < -0.3 is 4.90 Å². The molecule has 0 saturated carbocycles. The summed E-state index contributed by atoms with van der Waals surface area (Å²) in [7, 11) is 0. The molecule has 100 valence electrons. The minimum Gasteiger partial charge on any atom is -0.336 e. The van der Waals surface area contributed by atoms with E-state index in [0.29, 0.717) is 22.2 Å². The molecule has 0 N–H and O–H groups in total. The number of rotatable bonds is 5. The van der Waals surface area contributed by atoms with Gasteiger partial charge in [-0.15, -0.1) is 0 Å². The lowest BCUT2D eigenvalue weighted by Crippen LogP contribution is -2.38. The average Bonchev–Trinajstić information content (AvgIpc) is 2.32. The van der Waals surface area contributed by atoms with Gasteiger partial charge in [0, 0.05) is 17.9 Å². The van der Waals surface area contributed by atoms with Crippen LogP contribution in [0.1, 0.15) is 30.6 Å². The second-order valence-corrected chi connectivity index (χ2v) is 5.81. The minimum absolute atomic E-state index is 0.0709. The fourth-order valence-corrected chi connectivity index (χ4v) is 2.28. The van der Waals surface area contributed by atoms with Crippen molar-refractivity contribution in [2.75, 3.05) is 11.9 Å². The van der Waals surface area contributed by atoms with Crippen LogP contribution >= 0.6 is 39.1 Å². The Morgan fingerprint density at radius 3 is 2.61 bits per heavy atom. The first kappa shape index (κ1) is 15.8. The summed E-state index contributed by atoms with van der Waals surface area (Å²) in [5.41, 5.74) is 0.465. The maximum atomic E-state index is 12.4. The average molecular weight is 353 g/mol. The van der Waals surface area contributed by atoms with Crippen molar-refractivity contribution in [1.82, 2.24) is 4.90 Å². The van der Waals surface area contributed by atoms with Gasteiger partial charge in [0.15, 0.2) is 0 Å². The maximum absolute atomic E-state index is 12.4. The number of alkyl halides is 1. The first-order chi connectivity index (χ1) is 8.49. The maximum Gasteiger partial charge on any atom is 0.255 e. The van der Waals surface area contributed by atoms with E-state index >= 15 is 0 Å². The molecule has 1 aromatic rings. The lowest BCUT2D eigenvalue weighted by atomic mass is 10.1. The van der Waals surface area contributed by atoms with E-state index in [-0.39, 0.29) is 11.9 Å². The van der Waals surface area contributed by atoms with Crippen LogP contribution < -0.4 is 0 Å². The molecule has 0 heterocycles. The smallest absolute Gasteiger partial charge is 0.255 e. The largest absolute Gasteiger partial charge is 0.336 e. The third-order valence-corrected chi connectivity index (χ3v) is 3.98. The summed E-state index contributed by atoms with van der Waals surface area (Å²) in [6, 6.07) is 5.26. The highest BCUT2D eigenvalue weighted by Crippen LogP contribution is 2.27. The lowest BCUT2D eigenvalue weighted by molar-refractivity contribution is 0.0707. The molecule has 0 saturated heterocycles. The van der Waals surface area contributed by atoms with Crippen LogP contribution in [0.5, 0.6) is 0 Å². The normalized spacial score (nSPS) is 10.8. The van der Waals surface area contributed by atoms with Crippen molar-refractivity contribution in [2.24, 2.45) is 0 Å². The van der Waals surface area contributed by atoms with Gasteiger partial charge in [-0.25, -0.2) is 0 Å². The van der Waals surface area contributed by atoms with E-state index in [2.05, 4.69) is 15.9 Å². The molecule has 0 aromatic heterocycles. The summed E-state index contributed by atoms with van der Waals surface area (Å²) in [5, 5.41) is 1.60. The Labute approximate surface area is 126 Å². The highest BCUT2D eigenvalue weighted by molar-refractivity contribution is 9.09. The van der Waals surface area contributed by atoms with Gasteiger partial charge in [0.2, 0.25) is 0 Å². The SMILES string of the molecule is CC(C)N(CCCBr)C(=O)c1cccc(Cl)c1Cl. The van der Waals surface area contributed by atoms with Crippen molar-refractivity contribution in [3.63, 3.8) is 0 Å². The Bertz CT molecular complexity index is 423. The minimum atomic E-state index is -0.0709. The van der Waals surface area contributed by atoms with Crippen molar-refractivity contribution in [3.8, 4) is 0 Å². The van der Waals surface area contributed by atoms with Crippen LogP contribution in [0.4, 0.5) is 0 Å². The Morgan fingerprint density at radius 1 is 1.39 bits per heavy atom. The molecule has 0 aliphatic heterocycles. The summed E-state index contributed by atoms with van der Waals surface area (Å²) in [6.45, 7) is 4.68. The summed E-state index contributed by atoms with van der Waals surface area (Å²) in [4.78, 5) is 14.2. The molecular formula is C13H16BrCl2NO. The second kappa shape index (κ2) is 7.37. The third-order valence-electron chi connectivity index (χ3n) is 2.60. The van der Waals surface area contributed by atoms with E-state index in [0.717, 1.165) is 11.8 Å². The molecular weight excluding hydrogens is 337 g/mol. The Balaban J connectivity index is 2.98. The second-order valence-electron chi connectivity index (χ2n) is 4.24. The zero-order valence-corrected chi connectivity index (χ0v) is 13.5. The number of carbonyl (C=O) groups excluding carboxylic acids is 1. The van der Waals surface area contributed by atoms with Gasteiger partial charge in [0.25, 0.3) is 5.91 Å². The summed E-state index contributed by atoms with van der Waals surface area (Å²) >= 11 is 15.4. The van der Waals surface area contributed by atoms with Crippen molar-refractivity contribution in [1.29, 1.82) is 0 Å². The van der Waals surface area contributed by atoms with Crippen LogP contribution in [0.2, 0.25) is 10.0 Å². The van der Waals surface area contributed by atoms with Crippen LogP contribution in [0, 0.1) is 0 Å². The molecule has 5 heteroatoms. The monoisotopic (exact) mass is 351 g/mol. The molecule has 2 nitrogen and oxygen atoms in total. The summed E-state index contributed by atoms with van der Waals surface area (Å²) in [6.07, 6.45) is 0.905. The Morgan fingerprint density at radius 2 is 2.06 bits per heavy atom. The standard InChI is InChI=1S/C13H16BrCl2NO/c1-9(2)17(8-4-7-14)13(18)10-5-3-6-11(15)12(10)16/h3,5-6,9H,4,7-8H2,1-2H3. The van der Waals surface area contributed by atoms with Gasteiger partial charge >= 0.3 is 0 Å². The molecule has 0 unspecified atom stereocenters. The molecule has 0 atom stereocenters. The quantitative estimate of drug-likeness (QED) is 0.707. The van der Waals surface area contributed by atoms with Crippen molar-refractivity contribution in [2.45, 2.75) is 26.3 Å². The number of amides is 1. The molecule has 1 amide bonds. The molecule has 0 radical (unpaired) electrons. The first-order valence-electron chi connectivity index (χ1n) is 5.80. The van der Waals surface area contributed by atoms with Crippen molar-refractivity contribution >= 4 is 45.0 Å². The van der Waals surface area contributed by atoms with Crippen LogP contribution in [0.15, 0.2) is 18.2 Å². The highest BCUT2D eigenvalue weighted by Gasteiger charge is 2.21. The van der Waals surface area contributed by atoms with Crippen molar-refractivity contribution < 1.29 is 4.79 Å². The zero-order chi connectivity index (χ0) is 13.7. The van der Waals surface area contributed by atoms with E-state index in [1.165, 1.54) is 0 Å². The zero-order valence-electron chi connectivity index (χ0n) is 10.4. The number of hydrogen-bond acceptors (Lipinski definition) is 1. The molecule has 1 rings (SSSR count). The third kappa shape index (κ3) is 3.87. The summed E-state index contributed by atoms with van der Waals surface area (Å²) < 4.78 is 0. The van der Waals surface area contributed by atoms with Gasteiger partial charge in [-0.05, 0) is 32.4 Å². The van der Waals surface area contributed by atoms with Crippen LogP contribution in [0.3, 0.4) is 0 Å².